The first-order valence-electron chi connectivity index (χ1n) is 14.0. The molecule has 1 aliphatic carbocycles. The molecule has 3 aromatic rings. The fraction of sp³-hybridized carbons (Fsp3) is 0.419. The number of ether oxygens (including phenoxy) is 2. The predicted molar refractivity (Wildman–Crippen MR) is 156 cm³/mol. The molecular weight excluding hydrogens is 558 g/mol. The lowest BCUT2D eigenvalue weighted by Gasteiger charge is -2.31. The molecule has 0 aliphatic heterocycles. The van der Waals surface area contributed by atoms with Gasteiger partial charge in [0.15, 0.2) is 5.60 Å². The first kappa shape index (κ1) is 33.1. The van der Waals surface area contributed by atoms with E-state index < -0.39 is 36.4 Å². The number of carboxylic acid groups (broad SMARTS) is 3. The van der Waals surface area contributed by atoms with Crippen LogP contribution < -0.4 is 14.8 Å². The van der Waals surface area contributed by atoms with Crippen LogP contribution in [-0.2, 0) is 33.0 Å². The molecule has 4 rings (SSSR count). The second-order valence-corrected chi connectivity index (χ2v) is 10.5. The minimum Gasteiger partial charge on any atom is -0.497 e. The summed E-state index contributed by atoms with van der Waals surface area (Å²) < 4.78 is 13.3. The third kappa shape index (κ3) is 9.29. The molecule has 5 N–H and O–H groups in total. The van der Waals surface area contributed by atoms with Gasteiger partial charge in [-0.25, -0.2) is 9.78 Å². The van der Waals surface area contributed by atoms with Crippen LogP contribution in [0.1, 0.15) is 62.1 Å². The van der Waals surface area contributed by atoms with Crippen molar-refractivity contribution in [1.29, 1.82) is 0 Å². The number of nitrogens with zero attached hydrogens (tertiary/aromatic N) is 2. The van der Waals surface area contributed by atoms with Gasteiger partial charge in [0.25, 0.3) is 0 Å². The number of nitrogens with one attached hydrogen (secondary N) is 1. The summed E-state index contributed by atoms with van der Waals surface area (Å²) in [5, 5.41) is 37.7. The molecule has 1 fully saturated rings. The third-order valence-corrected chi connectivity index (χ3v) is 7.35. The van der Waals surface area contributed by atoms with Crippen molar-refractivity contribution in [2.45, 2.75) is 69.7 Å². The van der Waals surface area contributed by atoms with Gasteiger partial charge in [0.1, 0.15) is 11.5 Å². The van der Waals surface area contributed by atoms with Gasteiger partial charge in [-0.2, -0.15) is 0 Å². The number of aliphatic carboxylic acids is 3. The van der Waals surface area contributed by atoms with Crippen LogP contribution in [0.4, 0.5) is 0 Å². The van der Waals surface area contributed by atoms with Gasteiger partial charge in [0.05, 0.1) is 39.4 Å². The summed E-state index contributed by atoms with van der Waals surface area (Å²) in [5.41, 5.74) is 1.10. The van der Waals surface area contributed by atoms with Crippen molar-refractivity contribution in [2.75, 3.05) is 13.7 Å². The molecule has 0 atom stereocenters. The average Bonchev–Trinajstić information content (AvgIpc) is 3.66. The second-order valence-electron chi connectivity index (χ2n) is 10.5. The molecule has 1 aliphatic rings. The summed E-state index contributed by atoms with van der Waals surface area (Å²) in [4.78, 5) is 34.6. The highest BCUT2D eigenvalue weighted by Crippen LogP contribution is 2.39. The summed E-state index contributed by atoms with van der Waals surface area (Å²) in [7, 11) is 1.71. The number of carbonyl (C=O) groups is 3. The van der Waals surface area contributed by atoms with E-state index in [1.807, 2.05) is 25.6 Å². The van der Waals surface area contributed by atoms with Crippen molar-refractivity contribution < 1.29 is 44.3 Å². The van der Waals surface area contributed by atoms with Gasteiger partial charge in [-0.3, -0.25) is 9.59 Å². The molecule has 0 spiro atoms. The molecule has 0 unspecified atom stereocenters. The van der Waals surface area contributed by atoms with Crippen LogP contribution in [0.5, 0.6) is 11.5 Å². The summed E-state index contributed by atoms with van der Waals surface area (Å²) in [6.07, 6.45) is 8.20. The Morgan fingerprint density at radius 3 is 2.19 bits per heavy atom. The Bertz CT molecular complexity index is 1340. The Hall–Kier alpha value is -4.42. The predicted octanol–water partition coefficient (Wildman–Crippen LogP) is 3.65. The quantitative estimate of drug-likeness (QED) is 0.183. The number of rotatable bonds is 14. The van der Waals surface area contributed by atoms with Gasteiger partial charge in [0, 0.05) is 30.0 Å². The number of imidazole rings is 1. The first-order valence-corrected chi connectivity index (χ1v) is 14.0. The fourth-order valence-corrected chi connectivity index (χ4v) is 5.18. The Morgan fingerprint density at radius 2 is 1.67 bits per heavy atom. The number of hydrogen-bond acceptors (Lipinski definition) is 8. The van der Waals surface area contributed by atoms with Gasteiger partial charge >= 0.3 is 17.9 Å². The molecule has 0 saturated heterocycles. The van der Waals surface area contributed by atoms with E-state index in [-0.39, 0.29) is 5.54 Å². The van der Waals surface area contributed by atoms with Crippen molar-refractivity contribution in [2.24, 2.45) is 0 Å². The molecule has 0 bridgehead atoms. The Morgan fingerprint density at radius 1 is 1.02 bits per heavy atom. The SMILES string of the molecule is CCOc1ccc(CNC2(c3ccc(OC)cc3)CCCC2)cc1Cn1ccnc1.O=C(O)CC(O)(CC(=O)O)C(=O)O. The van der Waals surface area contributed by atoms with Crippen LogP contribution in [0.3, 0.4) is 0 Å². The standard InChI is InChI=1S/C25H31N3O2.C6H8O7/c1-3-30-24-11-6-20(16-21(24)18-28-15-14-26-19-28)17-27-25(12-4-5-13-25)22-7-9-23(29-2)10-8-22;7-3(8)1-6(13,5(11)12)2-4(9)10/h6-11,14-16,19,27H,3-5,12-13,17-18H2,1-2H3;13H,1-2H2,(H,7,8)(H,9,10)(H,11,12). The van der Waals surface area contributed by atoms with Gasteiger partial charge < -0.3 is 39.8 Å². The lowest BCUT2D eigenvalue weighted by molar-refractivity contribution is -0.170. The highest BCUT2D eigenvalue weighted by molar-refractivity contribution is 5.88. The van der Waals surface area contributed by atoms with Crippen LogP contribution in [0.2, 0.25) is 0 Å². The van der Waals surface area contributed by atoms with Gasteiger partial charge in [-0.05, 0) is 55.2 Å². The van der Waals surface area contributed by atoms with E-state index in [1.165, 1.54) is 29.5 Å². The largest absolute Gasteiger partial charge is 0.497 e. The number of benzene rings is 2. The van der Waals surface area contributed by atoms with E-state index >= 15 is 0 Å². The van der Waals surface area contributed by atoms with Crippen molar-refractivity contribution in [1.82, 2.24) is 14.9 Å². The average molecular weight is 598 g/mol. The molecule has 43 heavy (non-hydrogen) atoms. The summed E-state index contributed by atoms with van der Waals surface area (Å²) in [6.45, 7) is 4.27. The first-order chi connectivity index (χ1) is 20.5. The van der Waals surface area contributed by atoms with Crippen LogP contribution in [0.15, 0.2) is 61.2 Å². The van der Waals surface area contributed by atoms with E-state index in [9.17, 15) is 14.4 Å². The Balaban J connectivity index is 0.000000331. The van der Waals surface area contributed by atoms with Crippen molar-refractivity contribution in [3.05, 3.63) is 77.9 Å². The number of aromatic nitrogens is 2. The fourth-order valence-electron chi connectivity index (χ4n) is 5.18. The molecule has 0 amide bonds. The zero-order valence-corrected chi connectivity index (χ0v) is 24.4. The van der Waals surface area contributed by atoms with E-state index in [1.54, 1.807) is 7.11 Å². The topological polar surface area (TPSA) is 180 Å². The van der Waals surface area contributed by atoms with E-state index in [2.05, 4.69) is 57.3 Å². The molecule has 232 valence electrons. The smallest absolute Gasteiger partial charge is 0.336 e. The maximum absolute atomic E-state index is 10.3. The zero-order chi connectivity index (χ0) is 31.5. The highest BCUT2D eigenvalue weighted by atomic mass is 16.5. The molecule has 2 aromatic carbocycles. The summed E-state index contributed by atoms with van der Waals surface area (Å²) in [6, 6.07) is 15.1. The molecule has 1 saturated carbocycles. The summed E-state index contributed by atoms with van der Waals surface area (Å²) in [5.74, 6) is -3.17. The number of carboxylic acids is 3. The molecule has 1 aromatic heterocycles. The maximum atomic E-state index is 10.3. The highest BCUT2D eigenvalue weighted by Gasteiger charge is 2.40. The molecule has 0 radical (unpaired) electrons. The van der Waals surface area contributed by atoms with Crippen molar-refractivity contribution >= 4 is 17.9 Å². The number of hydrogen-bond donors (Lipinski definition) is 5. The minimum absolute atomic E-state index is 0.0371. The second kappa shape index (κ2) is 15.2. The molecule has 12 heteroatoms. The lowest BCUT2D eigenvalue weighted by Crippen LogP contribution is -2.42. The molecule has 1 heterocycles. The Labute approximate surface area is 249 Å². The van der Waals surface area contributed by atoms with Gasteiger partial charge in [-0.1, -0.05) is 31.0 Å². The van der Waals surface area contributed by atoms with Crippen LogP contribution in [0.25, 0.3) is 0 Å². The van der Waals surface area contributed by atoms with Crippen LogP contribution in [-0.4, -0.2) is 67.2 Å². The van der Waals surface area contributed by atoms with E-state index in [0.29, 0.717) is 6.61 Å². The van der Waals surface area contributed by atoms with Crippen LogP contribution >= 0.6 is 0 Å². The molecule has 12 nitrogen and oxygen atoms in total. The zero-order valence-electron chi connectivity index (χ0n) is 24.4. The van der Waals surface area contributed by atoms with E-state index in [0.717, 1.165) is 37.4 Å². The van der Waals surface area contributed by atoms with Gasteiger partial charge in [0.2, 0.25) is 0 Å². The van der Waals surface area contributed by atoms with Crippen molar-refractivity contribution in [3.8, 4) is 11.5 Å². The van der Waals surface area contributed by atoms with Crippen LogP contribution in [0, 0.1) is 0 Å². The number of methoxy groups -OCH3 is 1. The number of aliphatic hydroxyl groups is 1. The third-order valence-electron chi connectivity index (χ3n) is 7.35. The Kier molecular flexibility index (Phi) is 11.7. The van der Waals surface area contributed by atoms with Crippen molar-refractivity contribution in [3.63, 3.8) is 0 Å². The van der Waals surface area contributed by atoms with Gasteiger partial charge in [-0.15, -0.1) is 0 Å². The normalized spacial score (nSPS) is 13.9. The maximum Gasteiger partial charge on any atom is 0.336 e. The monoisotopic (exact) mass is 597 g/mol. The molecular formula is C31H39N3O9. The minimum atomic E-state index is -2.74. The van der Waals surface area contributed by atoms with E-state index in [4.69, 9.17) is 29.9 Å². The summed E-state index contributed by atoms with van der Waals surface area (Å²) >= 11 is 0. The lowest BCUT2D eigenvalue weighted by atomic mass is 9.87.